The minimum atomic E-state index is -0.324. The minimum absolute atomic E-state index is 0.0357. The van der Waals surface area contributed by atoms with E-state index in [9.17, 15) is 9.90 Å². The Bertz CT molecular complexity index is 1430. The highest BCUT2D eigenvalue weighted by Crippen LogP contribution is 2.34. The zero-order valence-corrected chi connectivity index (χ0v) is 16.2. The Morgan fingerprint density at radius 2 is 1.72 bits per heavy atom. The molecule has 1 heterocycles. The summed E-state index contributed by atoms with van der Waals surface area (Å²) in [5, 5.41) is 17.6. The molecule has 0 spiro atoms. The number of phenolic OH excluding ortho intramolecular Hbond substituents is 1. The van der Waals surface area contributed by atoms with Gasteiger partial charge in [0.2, 0.25) is 0 Å². The minimum Gasteiger partial charge on any atom is -0.507 e. The fraction of sp³-hybridized carbons (Fsp3) is 0.0800. The van der Waals surface area contributed by atoms with Gasteiger partial charge in [0.15, 0.2) is 0 Å². The van der Waals surface area contributed by atoms with E-state index in [2.05, 4.69) is 22.4 Å². The number of hydrogen-bond donors (Lipinski definition) is 3. The fourth-order valence-electron chi connectivity index (χ4n) is 3.92. The first-order valence-corrected chi connectivity index (χ1v) is 9.56. The normalized spacial score (nSPS) is 11.4. The zero-order valence-electron chi connectivity index (χ0n) is 16.2. The van der Waals surface area contributed by atoms with Gasteiger partial charge in [0.05, 0.1) is 11.1 Å². The van der Waals surface area contributed by atoms with Crippen LogP contribution < -0.4 is 5.32 Å². The number of H-pyrrole nitrogens is 1. The van der Waals surface area contributed by atoms with Crippen molar-refractivity contribution >= 4 is 44.2 Å². The molecule has 0 unspecified atom stereocenters. The summed E-state index contributed by atoms with van der Waals surface area (Å²) in [6.45, 7) is 3.93. The van der Waals surface area contributed by atoms with Crippen LogP contribution in [0.5, 0.6) is 5.75 Å². The number of aryl methyl sites for hydroxylation is 2. The predicted octanol–water partition coefficient (Wildman–Crippen LogP) is 6.05. The molecule has 4 heteroatoms. The van der Waals surface area contributed by atoms with E-state index in [1.165, 1.54) is 0 Å². The number of nitrogens with one attached hydrogen (secondary N) is 2. The van der Waals surface area contributed by atoms with Crippen LogP contribution in [0.4, 0.5) is 5.69 Å². The second-order valence-electron chi connectivity index (χ2n) is 7.52. The quantitative estimate of drug-likeness (QED) is 0.349. The van der Waals surface area contributed by atoms with Gasteiger partial charge in [-0.15, -0.1) is 0 Å². The van der Waals surface area contributed by atoms with Gasteiger partial charge in [-0.1, -0.05) is 42.5 Å². The standard InChI is InChI=1S/C25H20N2O2/c1-14-7-8-15(2)22(11-14)27-25(29)20-12-16-9-10-18-17-5-3-4-6-21(17)26-24(18)19(16)13-23(20)28/h3-13,26,28H,1-2H3,(H,27,29). The van der Waals surface area contributed by atoms with E-state index in [1.807, 2.05) is 56.3 Å². The number of aromatic hydroxyl groups is 1. The van der Waals surface area contributed by atoms with Crippen molar-refractivity contribution in [3.63, 3.8) is 0 Å². The van der Waals surface area contributed by atoms with Crippen molar-refractivity contribution in [1.29, 1.82) is 0 Å². The van der Waals surface area contributed by atoms with Crippen molar-refractivity contribution < 1.29 is 9.90 Å². The molecule has 3 N–H and O–H groups in total. The number of carbonyl (C=O) groups excluding carboxylic acids is 1. The molecular weight excluding hydrogens is 360 g/mol. The van der Waals surface area contributed by atoms with E-state index in [1.54, 1.807) is 12.1 Å². The first-order chi connectivity index (χ1) is 14.0. The second kappa shape index (κ2) is 6.38. The SMILES string of the molecule is Cc1ccc(C)c(NC(=O)c2cc3ccc4c5ccccc5[nH]c4c3cc2O)c1. The van der Waals surface area contributed by atoms with Gasteiger partial charge < -0.3 is 15.4 Å². The number of rotatable bonds is 2. The van der Waals surface area contributed by atoms with Gasteiger partial charge in [-0.3, -0.25) is 4.79 Å². The summed E-state index contributed by atoms with van der Waals surface area (Å²) in [5.74, 6) is -0.360. The highest BCUT2D eigenvalue weighted by atomic mass is 16.3. The van der Waals surface area contributed by atoms with Gasteiger partial charge in [0, 0.05) is 27.4 Å². The first kappa shape index (κ1) is 17.3. The highest BCUT2D eigenvalue weighted by molar-refractivity contribution is 6.18. The van der Waals surface area contributed by atoms with E-state index in [0.29, 0.717) is 0 Å². The number of aromatic nitrogens is 1. The number of benzene rings is 4. The van der Waals surface area contributed by atoms with Crippen molar-refractivity contribution in [3.8, 4) is 5.75 Å². The van der Waals surface area contributed by atoms with Crippen molar-refractivity contribution in [1.82, 2.24) is 4.98 Å². The summed E-state index contributed by atoms with van der Waals surface area (Å²) in [5.41, 5.74) is 5.06. The average molecular weight is 380 g/mol. The molecule has 4 nitrogen and oxygen atoms in total. The van der Waals surface area contributed by atoms with Gasteiger partial charge >= 0.3 is 0 Å². The highest BCUT2D eigenvalue weighted by Gasteiger charge is 2.16. The summed E-state index contributed by atoms with van der Waals surface area (Å²) in [6.07, 6.45) is 0. The Morgan fingerprint density at radius 1 is 0.897 bits per heavy atom. The van der Waals surface area contributed by atoms with Crippen LogP contribution in [-0.2, 0) is 0 Å². The molecule has 1 aromatic heterocycles. The van der Waals surface area contributed by atoms with Crippen LogP contribution in [0, 0.1) is 13.8 Å². The van der Waals surface area contributed by atoms with E-state index < -0.39 is 0 Å². The summed E-state index contributed by atoms with van der Waals surface area (Å²) in [7, 11) is 0. The topological polar surface area (TPSA) is 65.1 Å². The smallest absolute Gasteiger partial charge is 0.259 e. The lowest BCUT2D eigenvalue weighted by atomic mass is 10.0. The molecule has 0 saturated carbocycles. The lowest BCUT2D eigenvalue weighted by Crippen LogP contribution is -2.13. The molecule has 4 aromatic carbocycles. The summed E-state index contributed by atoms with van der Waals surface area (Å²) >= 11 is 0. The number of para-hydroxylation sites is 1. The molecule has 0 aliphatic carbocycles. The van der Waals surface area contributed by atoms with Crippen LogP contribution in [0.15, 0.2) is 66.7 Å². The number of phenols is 1. The van der Waals surface area contributed by atoms with Gasteiger partial charge in [0.25, 0.3) is 5.91 Å². The van der Waals surface area contributed by atoms with Crippen LogP contribution in [-0.4, -0.2) is 16.0 Å². The molecule has 1 amide bonds. The third-order valence-electron chi connectivity index (χ3n) is 5.50. The van der Waals surface area contributed by atoms with E-state index >= 15 is 0 Å². The predicted molar refractivity (Wildman–Crippen MR) is 119 cm³/mol. The van der Waals surface area contributed by atoms with Crippen LogP contribution in [0.1, 0.15) is 21.5 Å². The largest absolute Gasteiger partial charge is 0.507 e. The lowest BCUT2D eigenvalue weighted by Gasteiger charge is -2.11. The third-order valence-corrected chi connectivity index (χ3v) is 5.50. The van der Waals surface area contributed by atoms with Crippen LogP contribution in [0.3, 0.4) is 0 Å². The number of anilines is 1. The van der Waals surface area contributed by atoms with Gasteiger partial charge in [-0.25, -0.2) is 0 Å². The molecule has 0 aliphatic heterocycles. The fourth-order valence-corrected chi connectivity index (χ4v) is 3.92. The molecule has 0 fully saturated rings. The van der Waals surface area contributed by atoms with E-state index in [-0.39, 0.29) is 17.2 Å². The lowest BCUT2D eigenvalue weighted by molar-refractivity contribution is 0.102. The van der Waals surface area contributed by atoms with Crippen LogP contribution in [0.2, 0.25) is 0 Å². The molecule has 0 saturated heterocycles. The Labute approximate surface area is 167 Å². The Balaban J connectivity index is 1.62. The summed E-state index contributed by atoms with van der Waals surface area (Å²) < 4.78 is 0. The number of fused-ring (bicyclic) bond motifs is 5. The molecule has 0 bridgehead atoms. The number of amides is 1. The molecule has 5 rings (SSSR count). The summed E-state index contributed by atoms with van der Waals surface area (Å²) in [6, 6.07) is 21.5. The van der Waals surface area contributed by atoms with Crippen molar-refractivity contribution in [2.45, 2.75) is 13.8 Å². The Hall–Kier alpha value is -3.79. The molecular formula is C25H20N2O2. The molecule has 0 atom stereocenters. The van der Waals surface area contributed by atoms with Crippen molar-refractivity contribution in [2.24, 2.45) is 0 Å². The molecule has 0 aliphatic rings. The number of carbonyl (C=O) groups is 1. The second-order valence-corrected chi connectivity index (χ2v) is 7.52. The van der Waals surface area contributed by atoms with Gasteiger partial charge in [-0.05, 0) is 54.6 Å². The maximum Gasteiger partial charge on any atom is 0.259 e. The van der Waals surface area contributed by atoms with E-state index in [4.69, 9.17) is 0 Å². The Morgan fingerprint density at radius 3 is 2.59 bits per heavy atom. The molecule has 0 radical (unpaired) electrons. The van der Waals surface area contributed by atoms with Gasteiger partial charge in [-0.2, -0.15) is 0 Å². The van der Waals surface area contributed by atoms with Crippen LogP contribution in [0.25, 0.3) is 32.6 Å². The first-order valence-electron chi connectivity index (χ1n) is 9.56. The van der Waals surface area contributed by atoms with Crippen LogP contribution >= 0.6 is 0 Å². The maximum absolute atomic E-state index is 12.9. The molecule has 29 heavy (non-hydrogen) atoms. The third kappa shape index (κ3) is 2.81. The molecule has 5 aromatic rings. The number of aromatic amines is 1. The van der Waals surface area contributed by atoms with Crippen molar-refractivity contribution in [3.05, 3.63) is 83.4 Å². The molecule has 142 valence electrons. The average Bonchev–Trinajstić information content (AvgIpc) is 3.09. The van der Waals surface area contributed by atoms with Crippen molar-refractivity contribution in [2.75, 3.05) is 5.32 Å². The van der Waals surface area contributed by atoms with E-state index in [0.717, 1.165) is 49.4 Å². The Kier molecular flexibility index (Phi) is 3.81. The van der Waals surface area contributed by atoms with Gasteiger partial charge in [0.1, 0.15) is 5.75 Å². The zero-order chi connectivity index (χ0) is 20.1. The summed E-state index contributed by atoms with van der Waals surface area (Å²) in [4.78, 5) is 16.3. The monoisotopic (exact) mass is 380 g/mol. The maximum atomic E-state index is 12.9. The number of hydrogen-bond acceptors (Lipinski definition) is 2.